The molecule has 0 N–H and O–H groups in total. The molecule has 3 nitrogen and oxygen atoms in total. The molecule has 2 aromatic rings. The second-order valence-corrected chi connectivity index (χ2v) is 8.66. The molecule has 0 saturated heterocycles. The second-order valence-electron chi connectivity index (χ2n) is 8.23. The highest BCUT2D eigenvalue weighted by molar-refractivity contribution is 6.30. The number of aryl methyl sites for hydroxylation is 1. The second kappa shape index (κ2) is 11.2. The minimum atomic E-state index is 0.196. The fourth-order valence-electron chi connectivity index (χ4n) is 4.42. The van der Waals surface area contributed by atoms with E-state index in [1.807, 2.05) is 37.4 Å². The summed E-state index contributed by atoms with van der Waals surface area (Å²) in [6.07, 6.45) is 11.5. The van der Waals surface area contributed by atoms with Crippen LogP contribution in [0.2, 0.25) is 5.02 Å². The predicted molar refractivity (Wildman–Crippen MR) is 137 cm³/mol. The van der Waals surface area contributed by atoms with E-state index >= 15 is 0 Å². The van der Waals surface area contributed by atoms with Crippen LogP contribution in [0.5, 0.6) is 5.75 Å². The first-order valence-electron chi connectivity index (χ1n) is 11.5. The Balaban J connectivity index is 1.77. The third kappa shape index (κ3) is 5.56. The van der Waals surface area contributed by atoms with Crippen LogP contribution in [0.1, 0.15) is 57.1 Å². The Morgan fingerprint density at radius 2 is 1.94 bits per heavy atom. The zero-order valence-corrected chi connectivity index (χ0v) is 20.2. The van der Waals surface area contributed by atoms with Crippen molar-refractivity contribution in [2.75, 3.05) is 11.9 Å². The number of rotatable bonds is 7. The summed E-state index contributed by atoms with van der Waals surface area (Å²) in [5.74, 6) is 4.97. The summed E-state index contributed by atoms with van der Waals surface area (Å²) >= 11 is 6.28. The van der Waals surface area contributed by atoms with Gasteiger partial charge in [0.25, 0.3) is 0 Å². The predicted octanol–water partition coefficient (Wildman–Crippen LogP) is 7.28. The number of ether oxygens (including phenoxy) is 1. The summed E-state index contributed by atoms with van der Waals surface area (Å²) in [4.78, 5) is 7.03. The summed E-state index contributed by atoms with van der Waals surface area (Å²) < 4.78 is 6.24. The third-order valence-electron chi connectivity index (χ3n) is 6.19. The molecule has 1 aliphatic carbocycles. The van der Waals surface area contributed by atoms with Gasteiger partial charge in [-0.25, -0.2) is 0 Å². The average molecular weight is 449 g/mol. The summed E-state index contributed by atoms with van der Waals surface area (Å²) in [6, 6.07) is 13.9. The standard InChI is InChI=1S/C28H33ClN2O/c1-6-20(4)31(27-17-14-24(29)19-22(27)8-3)28(30-5)23-12-15-25(16-13-23)32-26-11-9-10-21(7-2)18-26/h2,9-11,14,17-19,23,25H,4,6,8,12-13,15-16H2,1,3,5H3. The van der Waals surface area contributed by atoms with Crippen molar-refractivity contribution in [1.82, 2.24) is 0 Å². The van der Waals surface area contributed by atoms with Gasteiger partial charge in [0.2, 0.25) is 0 Å². The lowest BCUT2D eigenvalue weighted by Gasteiger charge is -2.36. The maximum absolute atomic E-state index is 6.28. The van der Waals surface area contributed by atoms with Crippen molar-refractivity contribution < 1.29 is 4.74 Å². The lowest BCUT2D eigenvalue weighted by Crippen LogP contribution is -2.39. The van der Waals surface area contributed by atoms with E-state index in [0.717, 1.165) is 72.1 Å². The van der Waals surface area contributed by atoms with Crippen LogP contribution in [0.3, 0.4) is 0 Å². The molecule has 0 aliphatic heterocycles. The van der Waals surface area contributed by atoms with E-state index in [0.29, 0.717) is 5.92 Å². The van der Waals surface area contributed by atoms with E-state index in [1.165, 1.54) is 5.56 Å². The number of anilines is 1. The molecule has 0 spiro atoms. The van der Waals surface area contributed by atoms with Gasteiger partial charge in [-0.15, -0.1) is 6.42 Å². The third-order valence-corrected chi connectivity index (χ3v) is 6.42. The van der Waals surface area contributed by atoms with E-state index in [2.05, 4.69) is 43.4 Å². The van der Waals surface area contributed by atoms with Gasteiger partial charge in [0.05, 0.1) is 11.8 Å². The molecule has 1 saturated carbocycles. The lowest BCUT2D eigenvalue weighted by atomic mass is 9.85. The summed E-state index contributed by atoms with van der Waals surface area (Å²) in [5.41, 5.74) is 4.24. The molecule has 32 heavy (non-hydrogen) atoms. The molecular weight excluding hydrogens is 416 g/mol. The fourth-order valence-corrected chi connectivity index (χ4v) is 4.62. The van der Waals surface area contributed by atoms with Gasteiger partial charge in [-0.3, -0.25) is 4.99 Å². The average Bonchev–Trinajstić information content (AvgIpc) is 2.83. The van der Waals surface area contributed by atoms with Gasteiger partial charge in [-0.05, 0) is 80.5 Å². The molecule has 0 bridgehead atoms. The summed E-state index contributed by atoms with van der Waals surface area (Å²) in [6.45, 7) is 8.66. The Morgan fingerprint density at radius 1 is 1.19 bits per heavy atom. The number of hydrogen-bond donors (Lipinski definition) is 0. The SMILES string of the molecule is C#Cc1cccc(OC2CCC(C(=NC)N(C(=C)CC)c3ccc(Cl)cc3CC)CC2)c1. The zero-order valence-electron chi connectivity index (χ0n) is 19.4. The van der Waals surface area contributed by atoms with Gasteiger partial charge in [-0.1, -0.05) is 44.0 Å². The van der Waals surface area contributed by atoms with Gasteiger partial charge in [-0.2, -0.15) is 0 Å². The largest absolute Gasteiger partial charge is 0.490 e. The highest BCUT2D eigenvalue weighted by Gasteiger charge is 2.30. The van der Waals surface area contributed by atoms with Crippen molar-refractivity contribution in [3.63, 3.8) is 0 Å². The highest BCUT2D eigenvalue weighted by Crippen LogP contribution is 2.35. The number of aliphatic imine (C=N–C) groups is 1. The van der Waals surface area contributed by atoms with Crippen LogP contribution in [0.15, 0.2) is 59.7 Å². The summed E-state index contributed by atoms with van der Waals surface area (Å²) in [5, 5.41) is 0.759. The smallest absolute Gasteiger partial charge is 0.120 e. The van der Waals surface area contributed by atoms with Crippen molar-refractivity contribution in [3.8, 4) is 18.1 Å². The van der Waals surface area contributed by atoms with Crippen LogP contribution < -0.4 is 9.64 Å². The quantitative estimate of drug-likeness (QED) is 0.252. The maximum Gasteiger partial charge on any atom is 0.120 e. The van der Waals surface area contributed by atoms with E-state index < -0.39 is 0 Å². The molecule has 168 valence electrons. The molecule has 0 aromatic heterocycles. The normalized spacial score (nSPS) is 18.7. The van der Waals surface area contributed by atoms with E-state index in [-0.39, 0.29) is 6.10 Å². The maximum atomic E-state index is 6.28. The Hall–Kier alpha value is -2.70. The first-order valence-corrected chi connectivity index (χ1v) is 11.8. The number of halogens is 1. The molecule has 0 heterocycles. The molecule has 2 aromatic carbocycles. The number of hydrogen-bond acceptors (Lipinski definition) is 2. The van der Waals surface area contributed by atoms with Crippen molar-refractivity contribution >= 4 is 23.1 Å². The minimum absolute atomic E-state index is 0.196. The van der Waals surface area contributed by atoms with Gasteiger partial charge >= 0.3 is 0 Å². The Bertz CT molecular complexity index is 1010. The first kappa shape index (κ1) is 24.0. The van der Waals surface area contributed by atoms with E-state index in [1.54, 1.807) is 0 Å². The van der Waals surface area contributed by atoms with Crippen molar-refractivity contribution in [2.24, 2.45) is 10.9 Å². The van der Waals surface area contributed by atoms with Crippen LogP contribution in [-0.4, -0.2) is 19.0 Å². The molecule has 1 aliphatic rings. The molecule has 3 rings (SSSR count). The van der Waals surface area contributed by atoms with Crippen LogP contribution in [-0.2, 0) is 6.42 Å². The van der Waals surface area contributed by atoms with Crippen LogP contribution in [0.25, 0.3) is 0 Å². The first-order chi connectivity index (χ1) is 15.5. The summed E-state index contributed by atoms with van der Waals surface area (Å²) in [7, 11) is 1.89. The molecule has 0 unspecified atom stereocenters. The van der Waals surface area contributed by atoms with Crippen LogP contribution >= 0.6 is 11.6 Å². The number of nitrogens with zero attached hydrogens (tertiary/aromatic N) is 2. The lowest BCUT2D eigenvalue weighted by molar-refractivity contribution is 0.144. The highest BCUT2D eigenvalue weighted by atomic mass is 35.5. The zero-order chi connectivity index (χ0) is 23.1. The van der Waals surface area contributed by atoms with E-state index in [9.17, 15) is 0 Å². The van der Waals surface area contributed by atoms with Gasteiger partial charge in [0.1, 0.15) is 11.6 Å². The molecule has 1 fully saturated rings. The van der Waals surface area contributed by atoms with Gasteiger partial charge in [0, 0.05) is 29.2 Å². The Labute approximate surface area is 198 Å². The number of allylic oxidation sites excluding steroid dienone is 1. The molecule has 4 heteroatoms. The minimum Gasteiger partial charge on any atom is -0.490 e. The number of terminal acetylenes is 1. The Kier molecular flexibility index (Phi) is 8.42. The van der Waals surface area contributed by atoms with Gasteiger partial charge < -0.3 is 9.64 Å². The number of amidine groups is 1. The molecule has 0 radical (unpaired) electrons. The molecular formula is C28H33ClN2O. The topological polar surface area (TPSA) is 24.8 Å². The van der Waals surface area contributed by atoms with Crippen molar-refractivity contribution in [3.05, 3.63) is 70.9 Å². The van der Waals surface area contributed by atoms with E-state index in [4.69, 9.17) is 27.8 Å². The fraction of sp³-hybridized carbons (Fsp3) is 0.393. The molecule has 0 atom stereocenters. The van der Waals surface area contributed by atoms with Crippen molar-refractivity contribution in [1.29, 1.82) is 0 Å². The monoisotopic (exact) mass is 448 g/mol. The van der Waals surface area contributed by atoms with Crippen molar-refractivity contribution in [2.45, 2.75) is 58.5 Å². The number of benzene rings is 2. The van der Waals surface area contributed by atoms with Crippen LogP contribution in [0, 0.1) is 18.3 Å². The van der Waals surface area contributed by atoms with Crippen LogP contribution in [0.4, 0.5) is 5.69 Å². The molecule has 0 amide bonds. The van der Waals surface area contributed by atoms with Gasteiger partial charge in [0.15, 0.2) is 0 Å². The Morgan fingerprint density at radius 3 is 2.56 bits per heavy atom.